The Morgan fingerprint density at radius 2 is 2.38 bits per heavy atom. The number of anilines is 1. The maximum atomic E-state index is 11.6. The lowest BCUT2D eigenvalue weighted by Gasteiger charge is -2.37. The number of rotatable bonds is 4. The minimum absolute atomic E-state index is 0.108. The number of H-pyrrole nitrogens is 1. The van der Waals surface area contributed by atoms with E-state index in [4.69, 9.17) is 4.42 Å². The van der Waals surface area contributed by atoms with Gasteiger partial charge in [-0.3, -0.25) is 4.79 Å². The Kier molecular flexibility index (Phi) is 3.76. The highest BCUT2D eigenvalue weighted by atomic mass is 16.3. The smallest absolute Gasteiger partial charge is 0.243 e. The van der Waals surface area contributed by atoms with Gasteiger partial charge in [-0.25, -0.2) is 0 Å². The van der Waals surface area contributed by atoms with Crippen LogP contribution in [0, 0.1) is 0 Å². The lowest BCUT2D eigenvalue weighted by atomic mass is 9.91. The van der Waals surface area contributed by atoms with Crippen LogP contribution in [0.15, 0.2) is 59.4 Å². The summed E-state index contributed by atoms with van der Waals surface area (Å²) in [5.74, 6) is 0.787. The molecule has 2 unspecified atom stereocenters. The lowest BCUT2D eigenvalue weighted by Crippen LogP contribution is -2.37. The first-order chi connectivity index (χ1) is 11.8. The molecule has 2 aliphatic rings. The van der Waals surface area contributed by atoms with Crippen molar-refractivity contribution in [2.45, 2.75) is 31.3 Å². The van der Waals surface area contributed by atoms with Gasteiger partial charge in [-0.2, -0.15) is 0 Å². The average molecular weight is 323 g/mol. The molecular formula is C19H21N3O2. The first-order valence-electron chi connectivity index (χ1n) is 8.34. The van der Waals surface area contributed by atoms with Crippen molar-refractivity contribution in [1.82, 2.24) is 10.3 Å². The number of hydrogen-bond donors (Lipinski definition) is 2. The van der Waals surface area contributed by atoms with Crippen molar-refractivity contribution < 1.29 is 9.21 Å². The predicted octanol–water partition coefficient (Wildman–Crippen LogP) is 3.10. The van der Waals surface area contributed by atoms with Crippen molar-refractivity contribution in [1.29, 1.82) is 0 Å². The van der Waals surface area contributed by atoms with E-state index in [1.165, 1.54) is 22.9 Å². The van der Waals surface area contributed by atoms with Crippen molar-refractivity contribution >= 4 is 11.8 Å². The van der Waals surface area contributed by atoms with Crippen molar-refractivity contribution in [3.63, 3.8) is 0 Å². The van der Waals surface area contributed by atoms with Crippen LogP contribution in [0.5, 0.6) is 0 Å². The minimum atomic E-state index is -0.108. The summed E-state index contributed by atoms with van der Waals surface area (Å²) in [6.07, 6.45) is 10.0. The van der Waals surface area contributed by atoms with Crippen LogP contribution < -0.4 is 10.2 Å². The molecule has 0 saturated heterocycles. The molecule has 0 radical (unpaired) electrons. The van der Waals surface area contributed by atoms with E-state index < -0.39 is 0 Å². The third-order valence-corrected chi connectivity index (χ3v) is 4.90. The fraction of sp³-hybridized carbons (Fsp3) is 0.316. The summed E-state index contributed by atoms with van der Waals surface area (Å²) in [5.41, 5.74) is 3.93. The van der Waals surface area contributed by atoms with Gasteiger partial charge < -0.3 is 19.6 Å². The van der Waals surface area contributed by atoms with Gasteiger partial charge >= 0.3 is 0 Å². The van der Waals surface area contributed by atoms with E-state index in [1.54, 1.807) is 6.26 Å². The number of furan rings is 1. The molecule has 1 aliphatic heterocycles. The molecule has 0 fully saturated rings. The third-order valence-electron chi connectivity index (χ3n) is 4.90. The van der Waals surface area contributed by atoms with Crippen LogP contribution in [-0.4, -0.2) is 23.5 Å². The van der Waals surface area contributed by atoms with E-state index >= 15 is 0 Å². The molecule has 5 heteroatoms. The summed E-state index contributed by atoms with van der Waals surface area (Å²) in [5, 5.41) is 3.01. The maximum absolute atomic E-state index is 11.6. The topological polar surface area (TPSA) is 61.3 Å². The highest BCUT2D eigenvalue weighted by Gasteiger charge is 2.35. The van der Waals surface area contributed by atoms with E-state index in [-0.39, 0.29) is 18.0 Å². The van der Waals surface area contributed by atoms with Gasteiger partial charge in [-0.15, -0.1) is 0 Å². The SMILES string of the molecule is C=CC(=O)NC1CC=C(C2c3cc[nH]c3CCN2c2ccco2)C1. The van der Waals surface area contributed by atoms with Crippen molar-refractivity contribution in [3.05, 3.63) is 66.2 Å². The van der Waals surface area contributed by atoms with E-state index in [1.807, 2.05) is 18.3 Å². The van der Waals surface area contributed by atoms with E-state index in [0.29, 0.717) is 0 Å². The summed E-state index contributed by atoms with van der Waals surface area (Å²) >= 11 is 0. The molecule has 124 valence electrons. The van der Waals surface area contributed by atoms with Crippen LogP contribution >= 0.6 is 0 Å². The maximum Gasteiger partial charge on any atom is 0.243 e. The third kappa shape index (κ3) is 2.56. The van der Waals surface area contributed by atoms with E-state index in [0.717, 1.165) is 31.7 Å². The number of hydrogen-bond acceptors (Lipinski definition) is 3. The molecule has 0 spiro atoms. The van der Waals surface area contributed by atoms with Crippen molar-refractivity contribution in [2.75, 3.05) is 11.4 Å². The van der Waals surface area contributed by atoms with Gasteiger partial charge in [0.25, 0.3) is 0 Å². The molecular weight excluding hydrogens is 302 g/mol. The summed E-state index contributed by atoms with van der Waals surface area (Å²) < 4.78 is 5.67. The Morgan fingerprint density at radius 1 is 1.46 bits per heavy atom. The predicted molar refractivity (Wildman–Crippen MR) is 92.7 cm³/mol. The summed E-state index contributed by atoms with van der Waals surface area (Å²) in [4.78, 5) is 17.3. The summed E-state index contributed by atoms with van der Waals surface area (Å²) in [7, 11) is 0. The first-order valence-corrected chi connectivity index (χ1v) is 8.34. The van der Waals surface area contributed by atoms with E-state index in [2.05, 4.69) is 33.9 Å². The van der Waals surface area contributed by atoms with Crippen LogP contribution in [-0.2, 0) is 11.2 Å². The molecule has 2 aromatic heterocycles. The van der Waals surface area contributed by atoms with Crippen LogP contribution in [0.25, 0.3) is 0 Å². The van der Waals surface area contributed by atoms with Crippen LogP contribution in [0.2, 0.25) is 0 Å². The number of fused-ring (bicyclic) bond motifs is 1. The average Bonchev–Trinajstić information content (AvgIpc) is 3.34. The molecule has 0 bridgehead atoms. The molecule has 4 rings (SSSR count). The first kappa shape index (κ1) is 14.9. The lowest BCUT2D eigenvalue weighted by molar-refractivity contribution is -0.117. The van der Waals surface area contributed by atoms with Gasteiger partial charge in [0.1, 0.15) is 0 Å². The highest BCUT2D eigenvalue weighted by molar-refractivity contribution is 5.87. The molecule has 2 atom stereocenters. The fourth-order valence-electron chi connectivity index (χ4n) is 3.83. The Labute approximate surface area is 141 Å². The Balaban J connectivity index is 1.61. The van der Waals surface area contributed by atoms with Gasteiger partial charge in [-0.1, -0.05) is 12.7 Å². The molecule has 1 amide bonds. The van der Waals surface area contributed by atoms with E-state index in [9.17, 15) is 4.79 Å². The standard InChI is InChI=1S/C19H21N3O2/c1-2-17(23)21-14-6-5-13(12-14)19-15-7-9-20-16(15)8-10-22(19)18-4-3-11-24-18/h2-5,7,9,11,14,19-20H,1,6,8,10,12H2,(H,21,23). The van der Waals surface area contributed by atoms with Gasteiger partial charge in [-0.05, 0) is 42.2 Å². The zero-order valence-electron chi connectivity index (χ0n) is 13.5. The summed E-state index contributed by atoms with van der Waals surface area (Å²) in [6, 6.07) is 6.41. The second-order valence-electron chi connectivity index (χ2n) is 6.34. The normalized spacial score (nSPS) is 22.8. The molecule has 5 nitrogen and oxygen atoms in total. The second-order valence-corrected chi connectivity index (χ2v) is 6.34. The number of nitrogens with one attached hydrogen (secondary N) is 2. The Morgan fingerprint density at radius 3 is 3.17 bits per heavy atom. The fourth-order valence-corrected chi connectivity index (χ4v) is 3.83. The molecule has 24 heavy (non-hydrogen) atoms. The number of carbonyl (C=O) groups excluding carboxylic acids is 1. The Bertz CT molecular complexity index is 772. The number of amides is 1. The highest BCUT2D eigenvalue weighted by Crippen LogP contribution is 2.41. The monoisotopic (exact) mass is 323 g/mol. The number of aromatic nitrogens is 1. The van der Waals surface area contributed by atoms with Crippen molar-refractivity contribution in [3.8, 4) is 0 Å². The number of carbonyl (C=O) groups is 1. The molecule has 2 N–H and O–H groups in total. The molecule has 1 aliphatic carbocycles. The van der Waals surface area contributed by atoms with Gasteiger partial charge in [0, 0.05) is 37.0 Å². The molecule has 2 aromatic rings. The largest absolute Gasteiger partial charge is 0.449 e. The molecule has 3 heterocycles. The van der Waals surface area contributed by atoms with Crippen molar-refractivity contribution in [2.24, 2.45) is 0 Å². The quantitative estimate of drug-likeness (QED) is 0.671. The Hall–Kier alpha value is -2.69. The zero-order chi connectivity index (χ0) is 16.5. The number of nitrogens with zero attached hydrogens (tertiary/aromatic N) is 1. The van der Waals surface area contributed by atoms with Crippen LogP contribution in [0.4, 0.5) is 5.88 Å². The number of aromatic amines is 1. The minimum Gasteiger partial charge on any atom is -0.449 e. The zero-order valence-corrected chi connectivity index (χ0v) is 13.5. The van der Waals surface area contributed by atoms with Gasteiger partial charge in [0.15, 0.2) is 5.88 Å². The molecule has 0 saturated carbocycles. The second kappa shape index (κ2) is 6.07. The van der Waals surface area contributed by atoms with Gasteiger partial charge in [0.05, 0.1) is 12.3 Å². The van der Waals surface area contributed by atoms with Gasteiger partial charge in [0.2, 0.25) is 5.91 Å². The summed E-state index contributed by atoms with van der Waals surface area (Å²) in [6.45, 7) is 4.44. The van der Waals surface area contributed by atoms with Crippen LogP contribution in [0.1, 0.15) is 30.1 Å². The molecule has 0 aromatic carbocycles. The van der Waals surface area contributed by atoms with Crippen LogP contribution in [0.3, 0.4) is 0 Å².